The number of aromatic nitrogens is 3. The van der Waals surface area contributed by atoms with E-state index < -0.39 is 0 Å². The Kier molecular flexibility index (Phi) is 2.86. The zero-order valence-electron chi connectivity index (χ0n) is 10.2. The van der Waals surface area contributed by atoms with Gasteiger partial charge in [0.25, 0.3) is 0 Å². The van der Waals surface area contributed by atoms with Gasteiger partial charge in [-0.25, -0.2) is 0 Å². The molecule has 5 nitrogen and oxygen atoms in total. The Hall–Kier alpha value is -2.82. The molecule has 0 fully saturated rings. The summed E-state index contributed by atoms with van der Waals surface area (Å²) in [5.74, 6) is 0.831. The van der Waals surface area contributed by atoms with E-state index in [1.807, 2.05) is 60.7 Å². The van der Waals surface area contributed by atoms with Gasteiger partial charge in [-0.1, -0.05) is 36.4 Å². The molecule has 0 saturated heterocycles. The van der Waals surface area contributed by atoms with Gasteiger partial charge in [-0.2, -0.15) is 9.67 Å². The van der Waals surface area contributed by atoms with Crippen molar-refractivity contribution in [2.45, 2.75) is 0 Å². The molecule has 0 aliphatic heterocycles. The number of benzene rings is 2. The van der Waals surface area contributed by atoms with E-state index in [1.165, 1.54) is 0 Å². The molecule has 0 unspecified atom stereocenters. The van der Waals surface area contributed by atoms with Gasteiger partial charge >= 0.3 is 0 Å². The molecule has 0 aliphatic carbocycles. The maximum atomic E-state index is 5.88. The first-order valence-electron chi connectivity index (χ1n) is 5.93. The molecule has 3 aromatic rings. The van der Waals surface area contributed by atoms with Gasteiger partial charge in [0.15, 0.2) is 0 Å². The van der Waals surface area contributed by atoms with E-state index in [0.29, 0.717) is 11.9 Å². The second kappa shape index (κ2) is 4.81. The Morgan fingerprint density at radius 2 is 1.53 bits per heavy atom. The summed E-state index contributed by atoms with van der Waals surface area (Å²) in [7, 11) is 0. The topological polar surface area (TPSA) is 68.8 Å². The number of para-hydroxylation sites is 2. The molecule has 1 heterocycles. The van der Waals surface area contributed by atoms with Crippen LogP contribution in [0.25, 0.3) is 5.69 Å². The molecule has 3 N–H and O–H groups in total. The van der Waals surface area contributed by atoms with E-state index in [2.05, 4.69) is 15.4 Å². The van der Waals surface area contributed by atoms with Crippen molar-refractivity contribution in [2.24, 2.45) is 0 Å². The van der Waals surface area contributed by atoms with Crippen LogP contribution in [-0.4, -0.2) is 14.8 Å². The Labute approximate surface area is 110 Å². The number of nitrogens with zero attached hydrogens (tertiary/aromatic N) is 3. The van der Waals surface area contributed by atoms with Gasteiger partial charge in [0.1, 0.15) is 0 Å². The van der Waals surface area contributed by atoms with Crippen molar-refractivity contribution in [3.8, 4) is 5.69 Å². The Morgan fingerprint density at radius 1 is 0.895 bits per heavy atom. The summed E-state index contributed by atoms with van der Waals surface area (Å²) in [6, 6.07) is 19.4. The molecule has 0 amide bonds. The molecule has 0 spiro atoms. The summed E-state index contributed by atoms with van der Waals surface area (Å²) in [4.78, 5) is 4.20. The lowest BCUT2D eigenvalue weighted by atomic mass is 10.3. The molecule has 3 rings (SSSR count). The molecule has 0 aliphatic rings. The van der Waals surface area contributed by atoms with Gasteiger partial charge in [-0.3, -0.25) is 0 Å². The van der Waals surface area contributed by atoms with E-state index in [-0.39, 0.29) is 0 Å². The highest BCUT2D eigenvalue weighted by Crippen LogP contribution is 2.16. The van der Waals surface area contributed by atoms with Crippen LogP contribution in [-0.2, 0) is 0 Å². The van der Waals surface area contributed by atoms with Gasteiger partial charge in [-0.15, -0.1) is 5.10 Å². The monoisotopic (exact) mass is 251 g/mol. The number of anilines is 3. The van der Waals surface area contributed by atoms with Crippen LogP contribution in [0.4, 0.5) is 17.6 Å². The Balaban J connectivity index is 1.90. The predicted molar refractivity (Wildman–Crippen MR) is 75.5 cm³/mol. The zero-order chi connectivity index (χ0) is 13.1. The predicted octanol–water partition coefficient (Wildman–Crippen LogP) is 2.59. The van der Waals surface area contributed by atoms with Gasteiger partial charge in [0.05, 0.1) is 5.69 Å². The molecule has 0 atom stereocenters. The van der Waals surface area contributed by atoms with Crippen molar-refractivity contribution in [3.05, 3.63) is 60.7 Å². The molecule has 0 radical (unpaired) electrons. The molecular weight excluding hydrogens is 238 g/mol. The van der Waals surface area contributed by atoms with Crippen LogP contribution in [0, 0.1) is 0 Å². The third-order valence-corrected chi connectivity index (χ3v) is 2.66. The fourth-order valence-electron chi connectivity index (χ4n) is 1.79. The number of nitrogen functional groups attached to an aromatic ring is 1. The first-order chi connectivity index (χ1) is 9.33. The number of hydrogen-bond acceptors (Lipinski definition) is 4. The standard InChI is InChI=1S/C14H13N5/c15-13-17-14(16-11-7-3-1-4-8-11)18-19(13)12-9-5-2-6-10-12/h1-10H,(H3,15,16,17,18). The normalized spacial score (nSPS) is 10.3. The number of hydrogen-bond donors (Lipinski definition) is 2. The first-order valence-corrected chi connectivity index (χ1v) is 5.93. The fourth-order valence-corrected chi connectivity index (χ4v) is 1.79. The highest BCUT2D eigenvalue weighted by atomic mass is 15.4. The Bertz CT molecular complexity index is 661. The van der Waals surface area contributed by atoms with Crippen LogP contribution >= 0.6 is 0 Å². The van der Waals surface area contributed by atoms with E-state index in [4.69, 9.17) is 5.73 Å². The zero-order valence-corrected chi connectivity index (χ0v) is 10.2. The fraction of sp³-hybridized carbons (Fsp3) is 0. The van der Waals surface area contributed by atoms with Crippen LogP contribution in [0.5, 0.6) is 0 Å². The molecular formula is C14H13N5. The second-order valence-electron chi connectivity index (χ2n) is 4.03. The third kappa shape index (κ3) is 2.40. The largest absolute Gasteiger partial charge is 0.368 e. The maximum Gasteiger partial charge on any atom is 0.248 e. The third-order valence-electron chi connectivity index (χ3n) is 2.66. The molecule has 5 heteroatoms. The van der Waals surface area contributed by atoms with Crippen LogP contribution in [0.15, 0.2) is 60.7 Å². The molecule has 2 aromatic carbocycles. The lowest BCUT2D eigenvalue weighted by Gasteiger charge is -2.01. The maximum absolute atomic E-state index is 5.88. The summed E-state index contributed by atoms with van der Waals surface area (Å²) in [5, 5.41) is 7.46. The average Bonchev–Trinajstić information content (AvgIpc) is 2.82. The minimum atomic E-state index is 0.352. The Morgan fingerprint density at radius 3 is 2.21 bits per heavy atom. The van der Waals surface area contributed by atoms with Crippen molar-refractivity contribution in [1.82, 2.24) is 14.8 Å². The van der Waals surface area contributed by atoms with Crippen LogP contribution in [0.3, 0.4) is 0 Å². The van der Waals surface area contributed by atoms with Crippen molar-refractivity contribution in [2.75, 3.05) is 11.1 Å². The smallest absolute Gasteiger partial charge is 0.248 e. The second-order valence-corrected chi connectivity index (χ2v) is 4.03. The summed E-state index contributed by atoms with van der Waals surface area (Å²) in [6.45, 7) is 0. The van der Waals surface area contributed by atoms with Crippen molar-refractivity contribution in [3.63, 3.8) is 0 Å². The number of nitrogens with two attached hydrogens (primary N) is 1. The van der Waals surface area contributed by atoms with Crippen LogP contribution in [0.2, 0.25) is 0 Å². The number of rotatable bonds is 3. The van der Waals surface area contributed by atoms with E-state index in [0.717, 1.165) is 11.4 Å². The van der Waals surface area contributed by atoms with E-state index in [9.17, 15) is 0 Å². The SMILES string of the molecule is Nc1nc(Nc2ccccc2)nn1-c1ccccc1. The van der Waals surface area contributed by atoms with Gasteiger partial charge in [-0.05, 0) is 24.3 Å². The van der Waals surface area contributed by atoms with Gasteiger partial charge in [0.2, 0.25) is 11.9 Å². The summed E-state index contributed by atoms with van der Waals surface area (Å²) in [6.07, 6.45) is 0. The first kappa shape index (κ1) is 11.3. The molecule has 19 heavy (non-hydrogen) atoms. The van der Waals surface area contributed by atoms with Gasteiger partial charge in [0, 0.05) is 5.69 Å². The highest BCUT2D eigenvalue weighted by Gasteiger charge is 2.08. The quantitative estimate of drug-likeness (QED) is 0.750. The lowest BCUT2D eigenvalue weighted by Crippen LogP contribution is -2.01. The van der Waals surface area contributed by atoms with Crippen molar-refractivity contribution < 1.29 is 0 Å². The summed E-state index contributed by atoms with van der Waals surface area (Å²) in [5.41, 5.74) is 7.68. The number of nitrogens with one attached hydrogen (secondary N) is 1. The van der Waals surface area contributed by atoms with Crippen LogP contribution < -0.4 is 11.1 Å². The lowest BCUT2D eigenvalue weighted by molar-refractivity contribution is 0.894. The summed E-state index contributed by atoms with van der Waals surface area (Å²) >= 11 is 0. The average molecular weight is 251 g/mol. The van der Waals surface area contributed by atoms with E-state index in [1.54, 1.807) is 4.68 Å². The molecule has 94 valence electrons. The summed E-state index contributed by atoms with van der Waals surface area (Å²) < 4.78 is 1.60. The molecule has 0 saturated carbocycles. The van der Waals surface area contributed by atoms with Gasteiger partial charge < -0.3 is 11.1 Å². The van der Waals surface area contributed by atoms with Crippen molar-refractivity contribution >= 4 is 17.6 Å². The minimum Gasteiger partial charge on any atom is -0.368 e. The van der Waals surface area contributed by atoms with Crippen molar-refractivity contribution in [1.29, 1.82) is 0 Å². The highest BCUT2D eigenvalue weighted by molar-refractivity contribution is 5.54. The van der Waals surface area contributed by atoms with E-state index >= 15 is 0 Å². The minimum absolute atomic E-state index is 0.352. The van der Waals surface area contributed by atoms with Crippen LogP contribution in [0.1, 0.15) is 0 Å². The molecule has 0 bridgehead atoms. The molecule has 1 aromatic heterocycles.